The van der Waals surface area contributed by atoms with Crippen molar-refractivity contribution in [2.24, 2.45) is 0 Å². The Balaban J connectivity index is 3.07. The third-order valence-electron chi connectivity index (χ3n) is 4.33. The quantitative estimate of drug-likeness (QED) is 0.650. The number of likely N-dealkylation sites (N-methyl/N-ethyl adjacent to an activating group) is 2. The highest BCUT2D eigenvalue weighted by Crippen LogP contribution is 2.32. The average molecular weight is 296 g/mol. The summed E-state index contributed by atoms with van der Waals surface area (Å²) in [5.74, 6) is 0. The van der Waals surface area contributed by atoms with Gasteiger partial charge >= 0.3 is 0 Å². The van der Waals surface area contributed by atoms with Crippen molar-refractivity contribution in [2.45, 2.75) is 25.8 Å². The molecule has 1 atom stereocenters. The smallest absolute Gasteiger partial charge is 0.0688 e. The molecule has 1 heterocycles. The van der Waals surface area contributed by atoms with Gasteiger partial charge in [-0.15, -0.1) is 0 Å². The molecule has 0 amide bonds. The molecule has 1 aliphatic rings. The molecule has 0 radical (unpaired) electrons. The third-order valence-corrected chi connectivity index (χ3v) is 4.33. The molecule has 22 heavy (non-hydrogen) atoms. The van der Waals surface area contributed by atoms with Gasteiger partial charge in [-0.1, -0.05) is 57.2 Å². The lowest BCUT2D eigenvalue weighted by Gasteiger charge is -2.42. The predicted octanol–water partition coefficient (Wildman–Crippen LogP) is 4.80. The first-order valence-electron chi connectivity index (χ1n) is 7.53. The molecule has 0 saturated carbocycles. The Morgan fingerprint density at radius 2 is 1.95 bits per heavy atom. The first kappa shape index (κ1) is 17.8. The summed E-state index contributed by atoms with van der Waals surface area (Å²) in [6, 6.07) is 0.221. The van der Waals surface area contributed by atoms with E-state index >= 15 is 0 Å². The molecule has 0 spiro atoms. The number of nitrogens with zero attached hydrogens (tertiary/aromatic N) is 2. The fourth-order valence-electron chi connectivity index (χ4n) is 2.72. The van der Waals surface area contributed by atoms with Crippen LogP contribution in [0.1, 0.15) is 19.8 Å². The second-order valence-corrected chi connectivity index (χ2v) is 5.49. The van der Waals surface area contributed by atoms with Gasteiger partial charge in [0.25, 0.3) is 0 Å². The van der Waals surface area contributed by atoms with E-state index in [0.29, 0.717) is 0 Å². The van der Waals surface area contributed by atoms with Crippen molar-refractivity contribution >= 4 is 0 Å². The predicted molar refractivity (Wildman–Crippen MR) is 98.2 cm³/mol. The summed E-state index contributed by atoms with van der Waals surface area (Å²) in [5, 5.41) is 0. The molecular weight excluding hydrogens is 268 g/mol. The Morgan fingerprint density at radius 1 is 1.32 bits per heavy atom. The van der Waals surface area contributed by atoms with E-state index < -0.39 is 0 Å². The van der Waals surface area contributed by atoms with Gasteiger partial charge in [0.1, 0.15) is 0 Å². The first-order chi connectivity index (χ1) is 10.4. The number of hydrogen-bond donors (Lipinski definition) is 0. The molecule has 1 unspecified atom stereocenters. The zero-order valence-corrected chi connectivity index (χ0v) is 14.2. The Morgan fingerprint density at radius 3 is 2.45 bits per heavy atom. The zero-order valence-electron chi connectivity index (χ0n) is 14.2. The summed E-state index contributed by atoms with van der Waals surface area (Å²) in [5.41, 5.74) is 5.20. The van der Waals surface area contributed by atoms with Gasteiger partial charge < -0.3 is 9.80 Å². The molecule has 0 aromatic carbocycles. The lowest BCUT2D eigenvalue weighted by molar-refractivity contribution is 0.252. The normalized spacial score (nSPS) is 20.0. The average Bonchev–Trinajstić information content (AvgIpc) is 2.51. The van der Waals surface area contributed by atoms with E-state index in [1.54, 1.807) is 6.08 Å². The van der Waals surface area contributed by atoms with Crippen molar-refractivity contribution < 1.29 is 0 Å². The van der Waals surface area contributed by atoms with E-state index in [1.807, 2.05) is 32.2 Å². The van der Waals surface area contributed by atoms with Crippen molar-refractivity contribution in [1.29, 1.82) is 0 Å². The molecule has 0 N–H and O–H groups in total. The first-order valence-corrected chi connectivity index (χ1v) is 7.53. The minimum absolute atomic E-state index is 0.221. The van der Waals surface area contributed by atoms with E-state index in [9.17, 15) is 0 Å². The van der Waals surface area contributed by atoms with Gasteiger partial charge in [0, 0.05) is 36.8 Å². The maximum atomic E-state index is 4.28. The summed E-state index contributed by atoms with van der Waals surface area (Å²) < 4.78 is 0. The minimum Gasteiger partial charge on any atom is -0.366 e. The highest BCUT2D eigenvalue weighted by Gasteiger charge is 2.28. The second-order valence-electron chi connectivity index (χ2n) is 5.49. The third kappa shape index (κ3) is 3.51. The van der Waals surface area contributed by atoms with Crippen LogP contribution in [-0.2, 0) is 0 Å². The molecule has 1 aliphatic heterocycles. The van der Waals surface area contributed by atoms with Gasteiger partial charge in [-0.2, -0.15) is 0 Å². The molecule has 0 bridgehead atoms. The summed E-state index contributed by atoms with van der Waals surface area (Å²) in [6.07, 6.45) is 9.60. The molecule has 0 aromatic heterocycles. The Bertz CT molecular complexity index is 560. The molecule has 1 fully saturated rings. The summed E-state index contributed by atoms with van der Waals surface area (Å²) >= 11 is 0. The van der Waals surface area contributed by atoms with Crippen LogP contribution in [0.5, 0.6) is 0 Å². The topological polar surface area (TPSA) is 6.48 Å². The molecule has 2 heteroatoms. The Hall–Kier alpha value is -2.22. The monoisotopic (exact) mass is 296 g/mol. The molecule has 118 valence electrons. The van der Waals surface area contributed by atoms with E-state index in [1.165, 1.54) is 0 Å². The van der Waals surface area contributed by atoms with Crippen LogP contribution < -0.4 is 0 Å². The molecule has 2 nitrogen and oxygen atoms in total. The van der Waals surface area contributed by atoms with Crippen molar-refractivity contribution in [3.8, 4) is 0 Å². The lowest BCUT2D eigenvalue weighted by Crippen LogP contribution is -2.41. The van der Waals surface area contributed by atoms with Crippen LogP contribution in [0, 0.1) is 0 Å². The molecule has 1 saturated heterocycles. The summed E-state index contributed by atoms with van der Waals surface area (Å²) in [7, 11) is 4.09. The van der Waals surface area contributed by atoms with Crippen LogP contribution in [0.2, 0.25) is 0 Å². The zero-order chi connectivity index (χ0) is 16.9. The Kier molecular flexibility index (Phi) is 6.24. The summed E-state index contributed by atoms with van der Waals surface area (Å²) in [4.78, 5) is 4.27. The maximum absolute atomic E-state index is 4.28. The largest absolute Gasteiger partial charge is 0.366 e. The van der Waals surface area contributed by atoms with Crippen LogP contribution in [0.4, 0.5) is 0 Å². The molecular formula is C20H28N2. The van der Waals surface area contributed by atoms with Crippen LogP contribution >= 0.6 is 0 Å². The number of piperidine rings is 1. The molecule has 1 rings (SSSR count). The van der Waals surface area contributed by atoms with Gasteiger partial charge in [-0.05, 0) is 25.3 Å². The molecule has 0 aliphatic carbocycles. The van der Waals surface area contributed by atoms with Gasteiger partial charge in [0.05, 0.1) is 6.04 Å². The van der Waals surface area contributed by atoms with Gasteiger partial charge in [-0.25, -0.2) is 0 Å². The van der Waals surface area contributed by atoms with Crippen molar-refractivity contribution in [2.75, 3.05) is 14.1 Å². The van der Waals surface area contributed by atoms with E-state index in [4.69, 9.17) is 0 Å². The fourth-order valence-corrected chi connectivity index (χ4v) is 2.72. The van der Waals surface area contributed by atoms with E-state index in [2.05, 4.69) is 49.7 Å². The molecule has 0 aromatic rings. The maximum Gasteiger partial charge on any atom is 0.0688 e. The minimum atomic E-state index is 0.221. The number of rotatable bonds is 6. The summed E-state index contributed by atoms with van der Waals surface area (Å²) in [6.45, 7) is 22.3. The lowest BCUT2D eigenvalue weighted by atomic mass is 9.96. The van der Waals surface area contributed by atoms with E-state index in [-0.39, 0.29) is 6.04 Å². The number of hydrogen-bond acceptors (Lipinski definition) is 2. The highest BCUT2D eigenvalue weighted by atomic mass is 15.2. The van der Waals surface area contributed by atoms with E-state index in [0.717, 1.165) is 41.1 Å². The standard InChI is InChI=1S/C20H28N2/c1-9-12-19(18(10-2)11-3)16(5)22(8)20-14-13-15(4)21(7)17(20)6/h9-12,20H,1-2,4-6,13-14H2,3,7-8H3/b18-11-,19-12-. The fraction of sp³-hybridized carbons (Fsp3) is 0.300. The number of allylic oxidation sites excluding steroid dienone is 6. The second kappa shape index (κ2) is 7.69. The van der Waals surface area contributed by atoms with Gasteiger partial charge in [0.2, 0.25) is 0 Å². The SMILES string of the molecule is C=C/C=C(C(=C)N(C)C1CCC(=C)N(C)C1=C)\C(C=C)=C/C. The van der Waals surface area contributed by atoms with Crippen molar-refractivity contribution in [3.05, 3.63) is 85.4 Å². The Labute approximate surface area is 135 Å². The van der Waals surface area contributed by atoms with Gasteiger partial charge in [-0.3, -0.25) is 0 Å². The van der Waals surface area contributed by atoms with Crippen LogP contribution in [-0.4, -0.2) is 29.9 Å². The number of likely N-dealkylation sites (tertiary alicyclic amines) is 1. The highest BCUT2D eigenvalue weighted by molar-refractivity contribution is 5.51. The van der Waals surface area contributed by atoms with Gasteiger partial charge in [0.15, 0.2) is 0 Å². The van der Waals surface area contributed by atoms with Crippen molar-refractivity contribution in [3.63, 3.8) is 0 Å². The van der Waals surface area contributed by atoms with Crippen molar-refractivity contribution in [1.82, 2.24) is 9.80 Å². The van der Waals surface area contributed by atoms with Crippen LogP contribution in [0.3, 0.4) is 0 Å². The van der Waals surface area contributed by atoms with Crippen LogP contribution in [0.15, 0.2) is 85.4 Å². The van der Waals surface area contributed by atoms with Crippen LogP contribution in [0.25, 0.3) is 0 Å².